The SMILES string of the molecule is COC(=O)[C@@]1(C)C[C@@H](C(=O)O)N[C@H]1c1cc(Br)ccc1OC. The van der Waals surface area contributed by atoms with E-state index in [0.29, 0.717) is 11.3 Å². The smallest absolute Gasteiger partial charge is 0.320 e. The average Bonchev–Trinajstić information content (AvgIpc) is 2.85. The van der Waals surface area contributed by atoms with Crippen molar-refractivity contribution in [3.05, 3.63) is 28.2 Å². The Morgan fingerprint density at radius 1 is 1.41 bits per heavy atom. The van der Waals surface area contributed by atoms with E-state index in [4.69, 9.17) is 9.47 Å². The molecule has 0 unspecified atom stereocenters. The summed E-state index contributed by atoms with van der Waals surface area (Å²) in [6.07, 6.45) is 0.148. The number of esters is 1. The number of carbonyl (C=O) groups excluding carboxylic acids is 1. The molecule has 0 aromatic heterocycles. The third-order valence-electron chi connectivity index (χ3n) is 4.09. The van der Waals surface area contributed by atoms with Gasteiger partial charge in [-0.05, 0) is 31.5 Å². The second kappa shape index (κ2) is 6.26. The first-order valence-electron chi connectivity index (χ1n) is 6.74. The van der Waals surface area contributed by atoms with Gasteiger partial charge in [-0.2, -0.15) is 0 Å². The lowest BCUT2D eigenvalue weighted by molar-refractivity contribution is -0.152. The number of benzene rings is 1. The monoisotopic (exact) mass is 371 g/mol. The van der Waals surface area contributed by atoms with Crippen LogP contribution in [0, 0.1) is 5.41 Å². The fourth-order valence-electron chi connectivity index (χ4n) is 2.94. The van der Waals surface area contributed by atoms with Gasteiger partial charge in [0.15, 0.2) is 0 Å². The number of nitrogens with one attached hydrogen (secondary N) is 1. The van der Waals surface area contributed by atoms with Gasteiger partial charge in [0, 0.05) is 10.0 Å². The van der Waals surface area contributed by atoms with Gasteiger partial charge in [0.1, 0.15) is 11.8 Å². The maximum atomic E-state index is 12.3. The third-order valence-corrected chi connectivity index (χ3v) is 4.58. The molecule has 22 heavy (non-hydrogen) atoms. The van der Waals surface area contributed by atoms with Crippen molar-refractivity contribution in [2.75, 3.05) is 14.2 Å². The van der Waals surface area contributed by atoms with E-state index in [1.54, 1.807) is 13.0 Å². The molecule has 0 radical (unpaired) electrons. The van der Waals surface area contributed by atoms with Crippen molar-refractivity contribution in [1.82, 2.24) is 5.32 Å². The highest BCUT2D eigenvalue weighted by molar-refractivity contribution is 9.10. The Kier molecular flexibility index (Phi) is 4.77. The Labute approximate surface area is 136 Å². The molecule has 1 saturated heterocycles. The van der Waals surface area contributed by atoms with E-state index in [0.717, 1.165) is 4.47 Å². The quantitative estimate of drug-likeness (QED) is 0.788. The Bertz CT molecular complexity index is 606. The number of rotatable bonds is 4. The zero-order valence-corrected chi connectivity index (χ0v) is 14.1. The van der Waals surface area contributed by atoms with Gasteiger partial charge in [-0.1, -0.05) is 15.9 Å². The highest BCUT2D eigenvalue weighted by Crippen LogP contribution is 2.47. The number of methoxy groups -OCH3 is 2. The molecular weight excluding hydrogens is 354 g/mol. The molecule has 7 heteroatoms. The van der Waals surface area contributed by atoms with Crippen molar-refractivity contribution < 1.29 is 24.2 Å². The number of hydrogen-bond acceptors (Lipinski definition) is 5. The summed E-state index contributed by atoms with van der Waals surface area (Å²) in [7, 11) is 2.84. The predicted octanol–water partition coefficient (Wildman–Crippen LogP) is 2.12. The molecule has 1 aliphatic rings. The Balaban J connectivity index is 2.52. The summed E-state index contributed by atoms with van der Waals surface area (Å²) in [6, 6.07) is 4.07. The van der Waals surface area contributed by atoms with E-state index in [2.05, 4.69) is 21.2 Å². The third kappa shape index (κ3) is 2.83. The Morgan fingerprint density at radius 2 is 2.09 bits per heavy atom. The summed E-state index contributed by atoms with van der Waals surface area (Å²) in [5.74, 6) is -0.857. The molecule has 1 fully saturated rings. The summed E-state index contributed by atoms with van der Waals surface area (Å²) in [5.41, 5.74) is -0.278. The maximum Gasteiger partial charge on any atom is 0.320 e. The maximum absolute atomic E-state index is 12.3. The van der Waals surface area contributed by atoms with Gasteiger partial charge >= 0.3 is 11.9 Å². The zero-order chi connectivity index (χ0) is 16.5. The molecule has 2 rings (SSSR count). The van der Waals surface area contributed by atoms with Crippen LogP contribution in [0.2, 0.25) is 0 Å². The fourth-order valence-corrected chi connectivity index (χ4v) is 3.32. The van der Waals surface area contributed by atoms with Crippen LogP contribution in [0.1, 0.15) is 24.9 Å². The number of ether oxygens (including phenoxy) is 2. The van der Waals surface area contributed by atoms with Crippen molar-refractivity contribution in [2.24, 2.45) is 5.41 Å². The molecule has 0 aliphatic carbocycles. The van der Waals surface area contributed by atoms with E-state index in [9.17, 15) is 14.7 Å². The molecule has 3 atom stereocenters. The minimum absolute atomic E-state index is 0.148. The average molecular weight is 372 g/mol. The topological polar surface area (TPSA) is 84.9 Å². The molecule has 0 saturated carbocycles. The van der Waals surface area contributed by atoms with Crippen LogP contribution in [0.4, 0.5) is 0 Å². The highest BCUT2D eigenvalue weighted by Gasteiger charge is 2.53. The molecule has 1 aromatic carbocycles. The summed E-state index contributed by atoms with van der Waals surface area (Å²) in [6.45, 7) is 1.71. The zero-order valence-electron chi connectivity index (χ0n) is 12.6. The molecule has 0 bridgehead atoms. The van der Waals surface area contributed by atoms with E-state index < -0.39 is 29.4 Å². The van der Waals surface area contributed by atoms with Crippen molar-refractivity contribution >= 4 is 27.9 Å². The molecule has 0 amide bonds. The minimum Gasteiger partial charge on any atom is -0.496 e. The van der Waals surface area contributed by atoms with Crippen LogP contribution in [0.5, 0.6) is 5.75 Å². The van der Waals surface area contributed by atoms with Gasteiger partial charge in [-0.25, -0.2) is 0 Å². The highest BCUT2D eigenvalue weighted by atomic mass is 79.9. The number of halogens is 1. The second-order valence-electron chi connectivity index (χ2n) is 5.49. The minimum atomic E-state index is -0.994. The van der Waals surface area contributed by atoms with E-state index in [-0.39, 0.29) is 6.42 Å². The lowest BCUT2D eigenvalue weighted by Crippen LogP contribution is -2.35. The molecule has 6 nitrogen and oxygen atoms in total. The van der Waals surface area contributed by atoms with Gasteiger partial charge in [0.25, 0.3) is 0 Å². The van der Waals surface area contributed by atoms with Crippen molar-refractivity contribution in [3.8, 4) is 5.75 Å². The number of carboxylic acid groups (broad SMARTS) is 1. The van der Waals surface area contributed by atoms with Crippen LogP contribution in [0.25, 0.3) is 0 Å². The normalized spacial score (nSPS) is 27.5. The Morgan fingerprint density at radius 3 is 2.64 bits per heavy atom. The summed E-state index contributed by atoms with van der Waals surface area (Å²) in [5, 5.41) is 12.3. The van der Waals surface area contributed by atoms with Gasteiger partial charge < -0.3 is 14.6 Å². The Hall–Kier alpha value is -1.60. The van der Waals surface area contributed by atoms with Gasteiger partial charge in [0.05, 0.1) is 25.7 Å². The van der Waals surface area contributed by atoms with Crippen LogP contribution in [-0.2, 0) is 14.3 Å². The molecule has 2 N–H and O–H groups in total. The fraction of sp³-hybridized carbons (Fsp3) is 0.467. The van der Waals surface area contributed by atoms with Crippen molar-refractivity contribution in [3.63, 3.8) is 0 Å². The van der Waals surface area contributed by atoms with Crippen LogP contribution in [0.3, 0.4) is 0 Å². The first-order chi connectivity index (χ1) is 10.3. The van der Waals surface area contributed by atoms with Crippen LogP contribution < -0.4 is 10.1 Å². The van der Waals surface area contributed by atoms with Crippen molar-refractivity contribution in [1.29, 1.82) is 0 Å². The number of carboxylic acids is 1. The van der Waals surface area contributed by atoms with Gasteiger partial charge in [0.2, 0.25) is 0 Å². The largest absolute Gasteiger partial charge is 0.496 e. The van der Waals surface area contributed by atoms with Crippen LogP contribution >= 0.6 is 15.9 Å². The predicted molar refractivity (Wildman–Crippen MR) is 82.7 cm³/mol. The first kappa shape index (κ1) is 16.8. The molecule has 1 aromatic rings. The van der Waals surface area contributed by atoms with E-state index in [1.165, 1.54) is 14.2 Å². The second-order valence-corrected chi connectivity index (χ2v) is 6.41. The molecule has 120 valence electrons. The number of aliphatic carboxylic acids is 1. The molecule has 0 spiro atoms. The number of hydrogen-bond donors (Lipinski definition) is 2. The van der Waals surface area contributed by atoms with Crippen LogP contribution in [-0.4, -0.2) is 37.3 Å². The number of carbonyl (C=O) groups is 2. The molecule has 1 aliphatic heterocycles. The summed E-state index contributed by atoms with van der Waals surface area (Å²) >= 11 is 3.39. The van der Waals surface area contributed by atoms with E-state index in [1.807, 2.05) is 12.1 Å². The molecular formula is C15H18BrNO5. The summed E-state index contributed by atoms with van der Waals surface area (Å²) < 4.78 is 11.1. The summed E-state index contributed by atoms with van der Waals surface area (Å²) in [4.78, 5) is 23.6. The van der Waals surface area contributed by atoms with Gasteiger partial charge in [-0.3, -0.25) is 14.9 Å². The standard InChI is InChI=1S/C15H18BrNO5/c1-15(14(20)22-3)7-10(13(18)19)17-12(15)9-6-8(16)4-5-11(9)21-2/h4-6,10,12,17H,7H2,1-3H3,(H,18,19)/t10-,12-,15-/m0/s1. The lowest BCUT2D eigenvalue weighted by Gasteiger charge is -2.29. The lowest BCUT2D eigenvalue weighted by atomic mass is 9.78. The van der Waals surface area contributed by atoms with Crippen LogP contribution in [0.15, 0.2) is 22.7 Å². The van der Waals surface area contributed by atoms with E-state index >= 15 is 0 Å². The van der Waals surface area contributed by atoms with Gasteiger partial charge in [-0.15, -0.1) is 0 Å². The first-order valence-corrected chi connectivity index (χ1v) is 7.53. The van der Waals surface area contributed by atoms with Crippen molar-refractivity contribution in [2.45, 2.75) is 25.4 Å². The molecule has 1 heterocycles.